The molecule has 0 aliphatic carbocycles. The minimum Gasteiger partial charge on any atom is -0.495 e. The lowest BCUT2D eigenvalue weighted by Gasteiger charge is -2.35. The zero-order valence-corrected chi connectivity index (χ0v) is 41.0. The molecular weight excluding hydrogens is 914 g/mol. The van der Waals surface area contributed by atoms with Gasteiger partial charge in [0, 0.05) is 37.6 Å². The van der Waals surface area contributed by atoms with E-state index in [1.165, 1.54) is 13.2 Å². The van der Waals surface area contributed by atoms with Gasteiger partial charge in [-0.3, -0.25) is 24.0 Å². The molecule has 2 saturated heterocycles. The molecule has 0 radical (unpaired) electrons. The maximum Gasteiger partial charge on any atom is 0.335 e. The second-order valence-corrected chi connectivity index (χ2v) is 19.9. The van der Waals surface area contributed by atoms with E-state index in [0.29, 0.717) is 33.6 Å². The van der Waals surface area contributed by atoms with Crippen LogP contribution in [0.25, 0.3) is 0 Å². The summed E-state index contributed by atoms with van der Waals surface area (Å²) in [5.74, 6) is -3.88. The summed E-state index contributed by atoms with van der Waals surface area (Å²) in [5, 5.41) is 17.8. The smallest absolute Gasteiger partial charge is 0.335 e. The summed E-state index contributed by atoms with van der Waals surface area (Å²) in [4.78, 5) is 95.8. The summed E-state index contributed by atoms with van der Waals surface area (Å²) in [6, 6.07) is 10.1. The SMILES string of the molecule is COc1ccc(C[C@H]2NC(=O)/C=C/C[C@@H](C(C)[C@H]3O[C@@H]3c3ccc(Cn4cc(COCCC(=O)ON5C(=O)CCC5=O)nn4)cc3)OC(=O)[C@H](CC(C)(C)C)NC(=O)C(C)(C)[C@H](C)NC2=O)cc1Cl. The highest BCUT2D eigenvalue weighted by Crippen LogP contribution is 2.45. The molecule has 0 saturated carbocycles. The van der Waals surface area contributed by atoms with Crippen molar-refractivity contribution in [3.8, 4) is 5.75 Å². The van der Waals surface area contributed by atoms with Gasteiger partial charge in [0.2, 0.25) is 17.7 Å². The molecule has 7 atom stereocenters. The third-order valence-corrected chi connectivity index (χ3v) is 12.7. The van der Waals surface area contributed by atoms with Crippen LogP contribution >= 0.6 is 11.6 Å². The van der Waals surface area contributed by atoms with Crippen LogP contribution in [0.5, 0.6) is 5.75 Å². The van der Waals surface area contributed by atoms with E-state index in [-0.39, 0.29) is 75.3 Å². The van der Waals surface area contributed by atoms with Crippen LogP contribution in [-0.2, 0) is 72.2 Å². The number of ether oxygens (including phenoxy) is 4. The van der Waals surface area contributed by atoms with Crippen LogP contribution in [-0.4, -0.2) is 106 Å². The lowest BCUT2D eigenvalue weighted by molar-refractivity contribution is -0.198. The van der Waals surface area contributed by atoms with Crippen molar-refractivity contribution >= 4 is 53.1 Å². The molecule has 0 spiro atoms. The predicted octanol–water partition coefficient (Wildman–Crippen LogP) is 4.63. The number of halogens is 1. The van der Waals surface area contributed by atoms with Gasteiger partial charge in [-0.05, 0) is 67.5 Å². The van der Waals surface area contributed by atoms with E-state index >= 15 is 0 Å². The fourth-order valence-electron chi connectivity index (χ4n) is 7.88. The maximum atomic E-state index is 14.2. The van der Waals surface area contributed by atoms with Crippen LogP contribution in [0.1, 0.15) is 109 Å². The zero-order chi connectivity index (χ0) is 50.2. The molecule has 3 aliphatic heterocycles. The number of hydrogen-bond acceptors (Lipinski definition) is 14. The fraction of sp³-hybridized carbons (Fsp3) is 0.531. The van der Waals surface area contributed by atoms with Gasteiger partial charge in [-0.15, -0.1) is 10.2 Å². The molecule has 5 amide bonds. The fourth-order valence-corrected chi connectivity index (χ4v) is 8.16. The van der Waals surface area contributed by atoms with Crippen molar-refractivity contribution < 1.29 is 57.3 Å². The minimum atomic E-state index is -1.20. The number of rotatable bonds is 15. The summed E-state index contributed by atoms with van der Waals surface area (Å²) < 4.78 is 24.9. The number of cyclic esters (lactones) is 1. The molecule has 3 aromatic rings. The number of benzene rings is 2. The molecule has 69 heavy (non-hydrogen) atoms. The van der Waals surface area contributed by atoms with Gasteiger partial charge in [0.15, 0.2) is 0 Å². The first-order valence-corrected chi connectivity index (χ1v) is 23.4. The standard InChI is InChI=1S/C49H62ClN7O12/c1-28(43-44(68-43)32-15-12-30(13-16-32)25-56-26-33(54-55-56)27-66-21-20-42(61)69-57-40(59)18-19-41(57)60)37-10-9-11-39(58)52-35(23-31-14-17-38(65-8)34(50)22-31)45(62)51-29(2)49(6,7)47(64)53-36(46(63)67-37)24-48(3,4)5/h9,11-17,22,26,28-29,35-37,43-44H,10,18-21,23-25,27H2,1-8H3,(H,51,62)(H,52,58)(H,53,64)/b11-9+/t28?,29-,35+,36-,37-,43+,44+/m0/s1. The Balaban J connectivity index is 1.11. The molecule has 372 valence electrons. The summed E-state index contributed by atoms with van der Waals surface area (Å²) in [6.07, 6.45) is 3.60. The van der Waals surface area contributed by atoms with Crippen molar-refractivity contribution in [2.75, 3.05) is 13.7 Å². The lowest BCUT2D eigenvalue weighted by Crippen LogP contribution is -2.58. The Kier molecular flexibility index (Phi) is 17.0. The van der Waals surface area contributed by atoms with Crippen molar-refractivity contribution in [2.45, 2.75) is 137 Å². The van der Waals surface area contributed by atoms with E-state index in [9.17, 15) is 33.6 Å². The monoisotopic (exact) mass is 975 g/mol. The Morgan fingerprint density at radius 2 is 1.67 bits per heavy atom. The number of carbonyl (C=O) groups excluding carboxylic acids is 7. The molecule has 1 aromatic heterocycles. The summed E-state index contributed by atoms with van der Waals surface area (Å²) in [5.41, 5.74) is 1.46. The van der Waals surface area contributed by atoms with Gasteiger partial charge >= 0.3 is 11.9 Å². The molecule has 0 bridgehead atoms. The number of nitrogens with zero attached hydrogens (tertiary/aromatic N) is 4. The molecule has 19 nitrogen and oxygen atoms in total. The molecule has 20 heteroatoms. The molecule has 6 rings (SSSR count). The van der Waals surface area contributed by atoms with E-state index in [1.807, 2.05) is 52.0 Å². The number of methoxy groups -OCH3 is 1. The van der Waals surface area contributed by atoms with Gasteiger partial charge in [0.1, 0.15) is 35.7 Å². The molecule has 2 aromatic carbocycles. The van der Waals surface area contributed by atoms with Crippen LogP contribution in [0, 0.1) is 16.7 Å². The number of imide groups is 1. The normalized spacial score (nSPS) is 24.4. The zero-order valence-electron chi connectivity index (χ0n) is 40.2. The Morgan fingerprint density at radius 3 is 2.33 bits per heavy atom. The number of hydrogen-bond donors (Lipinski definition) is 3. The number of esters is 1. The summed E-state index contributed by atoms with van der Waals surface area (Å²) in [7, 11) is 1.50. The number of epoxide rings is 1. The molecule has 2 fully saturated rings. The maximum absolute atomic E-state index is 14.2. The van der Waals surface area contributed by atoms with Crippen molar-refractivity contribution in [1.82, 2.24) is 36.0 Å². The van der Waals surface area contributed by atoms with Crippen LogP contribution < -0.4 is 20.7 Å². The van der Waals surface area contributed by atoms with E-state index < -0.39 is 71.1 Å². The second-order valence-electron chi connectivity index (χ2n) is 19.5. The predicted molar refractivity (Wildman–Crippen MR) is 248 cm³/mol. The van der Waals surface area contributed by atoms with Gasteiger partial charge in [0.25, 0.3) is 11.8 Å². The average Bonchev–Trinajstić information content (AvgIpc) is 3.87. The quantitative estimate of drug-likeness (QED) is 0.0815. The van der Waals surface area contributed by atoms with Gasteiger partial charge < -0.3 is 39.7 Å². The van der Waals surface area contributed by atoms with E-state index in [0.717, 1.165) is 11.1 Å². The van der Waals surface area contributed by atoms with Crippen molar-refractivity contribution in [3.05, 3.63) is 88.2 Å². The van der Waals surface area contributed by atoms with E-state index in [2.05, 4.69) is 26.3 Å². The first-order chi connectivity index (χ1) is 32.6. The first-order valence-electron chi connectivity index (χ1n) is 23.0. The Morgan fingerprint density at radius 1 is 0.971 bits per heavy atom. The Hall–Kier alpha value is -6.18. The molecule has 4 heterocycles. The topological polar surface area (TPSA) is 239 Å². The van der Waals surface area contributed by atoms with Crippen molar-refractivity contribution in [3.63, 3.8) is 0 Å². The van der Waals surface area contributed by atoms with Crippen molar-refractivity contribution in [1.29, 1.82) is 0 Å². The highest BCUT2D eigenvalue weighted by Gasteiger charge is 2.48. The highest BCUT2D eigenvalue weighted by atomic mass is 35.5. The van der Waals surface area contributed by atoms with Gasteiger partial charge in [0.05, 0.1) is 56.0 Å². The Bertz CT molecular complexity index is 2400. The van der Waals surface area contributed by atoms with Crippen molar-refractivity contribution in [2.24, 2.45) is 16.7 Å². The average molecular weight is 977 g/mol. The number of hydroxylamine groups is 2. The van der Waals surface area contributed by atoms with Gasteiger partial charge in [-0.1, -0.05) is 80.9 Å². The number of amides is 5. The van der Waals surface area contributed by atoms with Gasteiger partial charge in [-0.25, -0.2) is 14.3 Å². The largest absolute Gasteiger partial charge is 0.495 e. The van der Waals surface area contributed by atoms with E-state index in [4.69, 9.17) is 35.4 Å². The first kappa shape index (κ1) is 52.2. The molecule has 3 N–H and O–H groups in total. The van der Waals surface area contributed by atoms with Crippen LogP contribution in [0.4, 0.5) is 0 Å². The van der Waals surface area contributed by atoms with Gasteiger partial charge in [-0.2, -0.15) is 0 Å². The number of carbonyl (C=O) groups is 7. The van der Waals surface area contributed by atoms with Crippen LogP contribution in [0.15, 0.2) is 60.8 Å². The third-order valence-electron chi connectivity index (χ3n) is 12.4. The molecule has 3 aliphatic rings. The Labute approximate surface area is 406 Å². The summed E-state index contributed by atoms with van der Waals surface area (Å²) in [6.45, 7) is 13.3. The third kappa shape index (κ3) is 14.2. The van der Waals surface area contributed by atoms with Crippen LogP contribution in [0.3, 0.4) is 0 Å². The highest BCUT2D eigenvalue weighted by molar-refractivity contribution is 6.32. The van der Waals surface area contributed by atoms with Crippen LogP contribution in [0.2, 0.25) is 5.02 Å². The number of aromatic nitrogens is 3. The second kappa shape index (κ2) is 22.5. The lowest BCUT2D eigenvalue weighted by atomic mass is 9.82. The molecular formula is C49H62ClN7O12. The van der Waals surface area contributed by atoms with E-state index in [1.54, 1.807) is 55.9 Å². The number of nitrogens with one attached hydrogen (secondary N) is 3. The molecule has 1 unspecified atom stereocenters. The minimum absolute atomic E-state index is 0.0119. The summed E-state index contributed by atoms with van der Waals surface area (Å²) >= 11 is 6.40.